The summed E-state index contributed by atoms with van der Waals surface area (Å²) in [6.07, 6.45) is 1.79. The molecule has 0 fully saturated rings. The van der Waals surface area contributed by atoms with Gasteiger partial charge in [-0.1, -0.05) is 0 Å². The first kappa shape index (κ1) is 13.1. The number of anilines is 1. The summed E-state index contributed by atoms with van der Waals surface area (Å²) in [7, 11) is -3.28. The molecule has 0 saturated heterocycles. The number of nitrogen functional groups attached to an aromatic ring is 1. The Balaban J connectivity index is 2.53. The number of H-pyrrole nitrogens is 1. The average Bonchev–Trinajstić information content (AvgIpc) is 2.78. The first-order chi connectivity index (χ1) is 8.60. The highest BCUT2D eigenvalue weighted by Gasteiger charge is 2.27. The zero-order valence-electron chi connectivity index (χ0n) is 10.5. The van der Waals surface area contributed by atoms with Crippen molar-refractivity contribution in [2.24, 2.45) is 0 Å². The quantitative estimate of drug-likeness (QED) is 0.645. The predicted molar refractivity (Wildman–Crippen MR) is 73.2 cm³/mol. The molecular weight excluding hydrogens is 251 g/mol. The van der Waals surface area contributed by atoms with Gasteiger partial charge in [0.1, 0.15) is 0 Å². The number of nitrogens with two attached hydrogens (primary N) is 1. The number of fused-ring (bicyclic) bond motifs is 1. The van der Waals surface area contributed by atoms with Crippen molar-refractivity contribution >= 4 is 29.5 Å². The van der Waals surface area contributed by atoms with Gasteiger partial charge in [-0.05, 0) is 32.0 Å². The van der Waals surface area contributed by atoms with Gasteiger partial charge in [0.25, 0.3) is 0 Å². The lowest BCUT2D eigenvalue weighted by molar-refractivity contribution is 0.230. The summed E-state index contributed by atoms with van der Waals surface area (Å²) in [5.41, 5.74) is 7.32. The minimum absolute atomic E-state index is 0.319. The van der Waals surface area contributed by atoms with E-state index in [-0.39, 0.29) is 0 Å². The van der Waals surface area contributed by atoms with Crippen molar-refractivity contribution in [2.75, 3.05) is 18.9 Å². The van der Waals surface area contributed by atoms with E-state index in [0.717, 1.165) is 10.9 Å². The van der Waals surface area contributed by atoms with Crippen molar-refractivity contribution in [2.45, 2.75) is 13.8 Å². The van der Waals surface area contributed by atoms with E-state index >= 15 is 0 Å². The van der Waals surface area contributed by atoms with Crippen LogP contribution in [0.4, 0.5) is 5.69 Å². The minimum atomic E-state index is -3.28. The van der Waals surface area contributed by atoms with Gasteiger partial charge in [0.15, 0.2) is 0 Å². The van der Waals surface area contributed by atoms with Crippen LogP contribution in [0.3, 0.4) is 0 Å². The summed E-state index contributed by atoms with van der Waals surface area (Å²) < 4.78 is 23.2. The van der Waals surface area contributed by atoms with Crippen molar-refractivity contribution < 1.29 is 13.6 Å². The van der Waals surface area contributed by atoms with Gasteiger partial charge in [0.05, 0.1) is 18.5 Å². The van der Waals surface area contributed by atoms with Crippen LogP contribution in [0.5, 0.6) is 0 Å². The number of benzene rings is 1. The monoisotopic (exact) mass is 268 g/mol. The second kappa shape index (κ2) is 5.14. The summed E-state index contributed by atoms with van der Waals surface area (Å²) >= 11 is 0. The van der Waals surface area contributed by atoms with Gasteiger partial charge in [0, 0.05) is 22.8 Å². The Morgan fingerprint density at radius 2 is 1.94 bits per heavy atom. The highest BCUT2D eigenvalue weighted by molar-refractivity contribution is 7.62. The molecule has 1 aromatic heterocycles. The van der Waals surface area contributed by atoms with E-state index in [9.17, 15) is 4.57 Å². The summed E-state index contributed by atoms with van der Waals surface area (Å²) in [5, 5.41) is 1.39. The highest BCUT2D eigenvalue weighted by Crippen LogP contribution is 2.47. The molecule has 1 aromatic carbocycles. The molecule has 0 unspecified atom stereocenters. The van der Waals surface area contributed by atoms with Crippen molar-refractivity contribution in [3.05, 3.63) is 24.4 Å². The van der Waals surface area contributed by atoms with Gasteiger partial charge >= 0.3 is 7.60 Å². The summed E-state index contributed by atoms with van der Waals surface area (Å²) in [4.78, 5) is 3.04. The molecule has 6 heteroatoms. The van der Waals surface area contributed by atoms with Crippen LogP contribution in [0.15, 0.2) is 24.4 Å². The number of aromatic amines is 1. The van der Waals surface area contributed by atoms with E-state index in [1.807, 2.05) is 6.07 Å². The van der Waals surface area contributed by atoms with Crippen LogP contribution >= 0.6 is 7.60 Å². The molecule has 2 rings (SSSR count). The molecule has 0 aliphatic rings. The van der Waals surface area contributed by atoms with Crippen LogP contribution in [-0.2, 0) is 13.6 Å². The topological polar surface area (TPSA) is 77.3 Å². The Labute approximate surface area is 106 Å². The van der Waals surface area contributed by atoms with E-state index in [1.54, 1.807) is 32.2 Å². The van der Waals surface area contributed by atoms with E-state index in [1.165, 1.54) is 0 Å². The number of aromatic nitrogens is 1. The molecular formula is C12H17N2O3P. The third kappa shape index (κ3) is 2.29. The number of rotatable bonds is 5. The van der Waals surface area contributed by atoms with Crippen molar-refractivity contribution in [1.82, 2.24) is 4.98 Å². The minimum Gasteiger partial charge on any atom is -0.398 e. The second-order valence-corrected chi connectivity index (χ2v) is 5.83. The number of nitrogens with one attached hydrogen (secondary N) is 1. The van der Waals surface area contributed by atoms with Crippen LogP contribution in [0, 0.1) is 0 Å². The van der Waals surface area contributed by atoms with E-state index in [2.05, 4.69) is 4.98 Å². The summed E-state index contributed by atoms with van der Waals surface area (Å²) in [6.45, 7) is 4.20. The SMILES string of the molecule is CCOP(=O)(OCC)c1cc(N)c2cc[nH]c2c1. The lowest BCUT2D eigenvalue weighted by atomic mass is 10.2. The fourth-order valence-electron chi connectivity index (χ4n) is 1.86. The Bertz CT molecular complexity index is 584. The largest absolute Gasteiger partial charge is 0.398 e. The maximum Gasteiger partial charge on any atom is 0.361 e. The third-order valence-electron chi connectivity index (χ3n) is 2.60. The fraction of sp³-hybridized carbons (Fsp3) is 0.333. The predicted octanol–water partition coefficient (Wildman–Crippen LogP) is 2.64. The van der Waals surface area contributed by atoms with Crippen LogP contribution < -0.4 is 11.0 Å². The zero-order chi connectivity index (χ0) is 13.2. The second-order valence-electron chi connectivity index (χ2n) is 3.81. The molecule has 2 aromatic rings. The van der Waals surface area contributed by atoms with E-state index < -0.39 is 7.60 Å². The molecule has 0 radical (unpaired) electrons. The molecule has 98 valence electrons. The van der Waals surface area contributed by atoms with Crippen LogP contribution in [0.2, 0.25) is 0 Å². The van der Waals surface area contributed by atoms with Gasteiger partial charge in [-0.25, -0.2) is 0 Å². The van der Waals surface area contributed by atoms with Gasteiger partial charge in [-0.3, -0.25) is 4.57 Å². The fourth-order valence-corrected chi connectivity index (χ4v) is 3.50. The first-order valence-corrected chi connectivity index (χ1v) is 7.41. The maximum absolute atomic E-state index is 12.6. The summed E-state index contributed by atoms with van der Waals surface area (Å²) in [5.74, 6) is 0. The first-order valence-electron chi connectivity index (χ1n) is 5.87. The van der Waals surface area contributed by atoms with Gasteiger partial charge in [0.2, 0.25) is 0 Å². The molecule has 3 N–H and O–H groups in total. The molecule has 0 aliphatic heterocycles. The van der Waals surface area contributed by atoms with Gasteiger partial charge in [-0.15, -0.1) is 0 Å². The average molecular weight is 268 g/mol. The molecule has 0 aliphatic carbocycles. The Morgan fingerprint density at radius 1 is 1.28 bits per heavy atom. The molecule has 18 heavy (non-hydrogen) atoms. The number of hydrogen-bond acceptors (Lipinski definition) is 4. The van der Waals surface area contributed by atoms with Gasteiger partial charge in [-0.2, -0.15) is 0 Å². The van der Waals surface area contributed by atoms with Crippen LogP contribution in [0.25, 0.3) is 10.9 Å². The smallest absolute Gasteiger partial charge is 0.361 e. The van der Waals surface area contributed by atoms with Crippen LogP contribution in [0.1, 0.15) is 13.8 Å². The van der Waals surface area contributed by atoms with Crippen LogP contribution in [-0.4, -0.2) is 18.2 Å². The molecule has 0 spiro atoms. The third-order valence-corrected chi connectivity index (χ3v) is 4.69. The molecule has 0 saturated carbocycles. The normalized spacial score (nSPS) is 12.1. The molecule has 0 atom stereocenters. The zero-order valence-corrected chi connectivity index (χ0v) is 11.4. The lowest BCUT2D eigenvalue weighted by Gasteiger charge is -2.17. The molecule has 0 bridgehead atoms. The summed E-state index contributed by atoms with van der Waals surface area (Å²) in [6, 6.07) is 5.29. The van der Waals surface area contributed by atoms with E-state index in [4.69, 9.17) is 14.8 Å². The Kier molecular flexibility index (Phi) is 3.76. The highest BCUT2D eigenvalue weighted by atomic mass is 31.2. The maximum atomic E-state index is 12.6. The Morgan fingerprint density at radius 3 is 2.56 bits per heavy atom. The standard InChI is InChI=1S/C12H17N2O3P/c1-3-16-18(15,17-4-2)9-7-11(13)10-5-6-14-12(10)8-9/h5-8,14H,3-4,13H2,1-2H3. The van der Waals surface area contributed by atoms with Crippen molar-refractivity contribution in [3.63, 3.8) is 0 Å². The van der Waals surface area contributed by atoms with Gasteiger partial charge < -0.3 is 19.8 Å². The molecule has 5 nitrogen and oxygen atoms in total. The Hall–Kier alpha value is -1.29. The van der Waals surface area contributed by atoms with Crippen molar-refractivity contribution in [3.8, 4) is 0 Å². The molecule has 1 heterocycles. The lowest BCUT2D eigenvalue weighted by Crippen LogP contribution is -2.11. The number of hydrogen-bond donors (Lipinski definition) is 2. The molecule has 0 amide bonds. The van der Waals surface area contributed by atoms with Crippen molar-refractivity contribution in [1.29, 1.82) is 0 Å². The van der Waals surface area contributed by atoms with E-state index in [0.29, 0.717) is 24.2 Å².